The first-order valence-electron chi connectivity index (χ1n) is 8.71. The summed E-state index contributed by atoms with van der Waals surface area (Å²) >= 11 is 0. The van der Waals surface area contributed by atoms with Gasteiger partial charge in [-0.1, -0.05) is 0 Å². The van der Waals surface area contributed by atoms with Gasteiger partial charge in [0, 0.05) is 37.6 Å². The summed E-state index contributed by atoms with van der Waals surface area (Å²) in [5.74, 6) is 2.15. The van der Waals surface area contributed by atoms with Crippen LogP contribution >= 0.6 is 0 Å². The standard InChI is InChI=1S/C18H21N7/c1-11-12(2)19-9-20-16(11)24-7-13-6-14(8-24)25(13)18-15-4-5-23(3)17(15)21-10-22-18/h4-5,9-10,13-14H,6-8H2,1-3H3. The molecular weight excluding hydrogens is 314 g/mol. The minimum atomic E-state index is 0.478. The molecule has 2 bridgehead atoms. The maximum absolute atomic E-state index is 4.61. The van der Waals surface area contributed by atoms with E-state index in [9.17, 15) is 0 Å². The van der Waals surface area contributed by atoms with E-state index in [-0.39, 0.29) is 0 Å². The fourth-order valence-electron chi connectivity index (χ4n) is 4.24. The zero-order valence-electron chi connectivity index (χ0n) is 14.7. The van der Waals surface area contributed by atoms with Gasteiger partial charge >= 0.3 is 0 Å². The normalized spacial score (nSPS) is 22.4. The maximum atomic E-state index is 4.61. The molecule has 0 amide bonds. The molecule has 3 aromatic heterocycles. The van der Waals surface area contributed by atoms with Gasteiger partial charge in [-0.25, -0.2) is 19.9 Å². The van der Waals surface area contributed by atoms with E-state index < -0.39 is 0 Å². The molecule has 0 radical (unpaired) electrons. The average molecular weight is 335 g/mol. The van der Waals surface area contributed by atoms with Crippen molar-refractivity contribution in [2.24, 2.45) is 7.05 Å². The largest absolute Gasteiger partial charge is 0.352 e. The molecule has 6 heterocycles. The van der Waals surface area contributed by atoms with Crippen molar-refractivity contribution < 1.29 is 0 Å². The van der Waals surface area contributed by atoms with Gasteiger partial charge in [-0.15, -0.1) is 0 Å². The molecule has 3 aliphatic rings. The lowest BCUT2D eigenvalue weighted by atomic mass is 9.87. The van der Waals surface area contributed by atoms with E-state index in [1.807, 2.05) is 14.0 Å². The Bertz CT molecular complexity index is 951. The third-order valence-corrected chi connectivity index (χ3v) is 5.69. The number of nitrogens with zero attached hydrogens (tertiary/aromatic N) is 7. The van der Waals surface area contributed by atoms with Crippen LogP contribution in [-0.4, -0.2) is 49.7 Å². The predicted octanol–water partition coefficient (Wildman–Crippen LogP) is 1.84. The zero-order valence-corrected chi connectivity index (χ0v) is 14.7. The van der Waals surface area contributed by atoms with Crippen molar-refractivity contribution >= 4 is 22.7 Å². The van der Waals surface area contributed by atoms with Crippen LogP contribution in [0.4, 0.5) is 11.6 Å². The number of piperidine rings is 1. The third-order valence-electron chi connectivity index (χ3n) is 5.69. The highest BCUT2D eigenvalue weighted by molar-refractivity contribution is 5.88. The van der Waals surface area contributed by atoms with Crippen molar-refractivity contribution in [3.05, 3.63) is 36.2 Å². The molecule has 0 N–H and O–H groups in total. The second-order valence-electron chi connectivity index (χ2n) is 7.12. The average Bonchev–Trinajstić information content (AvgIpc) is 3.00. The van der Waals surface area contributed by atoms with Crippen molar-refractivity contribution in [2.75, 3.05) is 22.9 Å². The molecule has 0 aliphatic carbocycles. The van der Waals surface area contributed by atoms with Crippen LogP contribution in [0.1, 0.15) is 17.7 Å². The maximum Gasteiger partial charge on any atom is 0.145 e. The molecular formula is C18H21N7. The van der Waals surface area contributed by atoms with Crippen molar-refractivity contribution in [3.63, 3.8) is 0 Å². The highest BCUT2D eigenvalue weighted by atomic mass is 15.4. The van der Waals surface area contributed by atoms with Crippen molar-refractivity contribution in [2.45, 2.75) is 32.4 Å². The van der Waals surface area contributed by atoms with Crippen LogP contribution in [0.2, 0.25) is 0 Å². The lowest BCUT2D eigenvalue weighted by Gasteiger charge is -2.57. The van der Waals surface area contributed by atoms with E-state index in [1.54, 1.807) is 12.7 Å². The molecule has 25 heavy (non-hydrogen) atoms. The molecule has 3 aromatic rings. The van der Waals surface area contributed by atoms with Crippen molar-refractivity contribution in [1.29, 1.82) is 0 Å². The van der Waals surface area contributed by atoms with E-state index in [0.717, 1.165) is 41.5 Å². The summed E-state index contributed by atoms with van der Waals surface area (Å²) in [6, 6.07) is 3.08. The van der Waals surface area contributed by atoms with Crippen LogP contribution in [0.3, 0.4) is 0 Å². The number of aromatic nitrogens is 5. The van der Waals surface area contributed by atoms with E-state index in [0.29, 0.717) is 12.1 Å². The van der Waals surface area contributed by atoms with Crippen molar-refractivity contribution in [3.8, 4) is 0 Å². The lowest BCUT2D eigenvalue weighted by Crippen LogP contribution is -2.69. The van der Waals surface area contributed by atoms with E-state index in [4.69, 9.17) is 0 Å². The molecule has 128 valence electrons. The molecule has 2 atom stereocenters. The number of anilines is 2. The van der Waals surface area contributed by atoms with Gasteiger partial charge in [0.1, 0.15) is 29.9 Å². The zero-order chi connectivity index (χ0) is 17.1. The van der Waals surface area contributed by atoms with Gasteiger partial charge in [-0.3, -0.25) is 0 Å². The Kier molecular flexibility index (Phi) is 3.01. The summed E-state index contributed by atoms with van der Waals surface area (Å²) < 4.78 is 2.05. The smallest absolute Gasteiger partial charge is 0.145 e. The fraction of sp³-hybridized carbons (Fsp3) is 0.444. The van der Waals surface area contributed by atoms with Gasteiger partial charge in [-0.05, 0) is 26.3 Å². The number of rotatable bonds is 2. The Hall–Kier alpha value is -2.70. The second-order valence-corrected chi connectivity index (χ2v) is 7.12. The van der Waals surface area contributed by atoms with Crippen LogP contribution < -0.4 is 9.80 Å². The van der Waals surface area contributed by atoms with Crippen LogP contribution in [0.5, 0.6) is 0 Å². The van der Waals surface area contributed by atoms with Crippen LogP contribution in [0.15, 0.2) is 24.9 Å². The summed E-state index contributed by atoms with van der Waals surface area (Å²) in [4.78, 5) is 22.7. The fourth-order valence-corrected chi connectivity index (χ4v) is 4.24. The topological polar surface area (TPSA) is 63.0 Å². The summed E-state index contributed by atoms with van der Waals surface area (Å²) in [6.45, 7) is 6.11. The summed E-state index contributed by atoms with van der Waals surface area (Å²) in [7, 11) is 2.03. The molecule has 6 rings (SSSR count). The number of hydrogen-bond acceptors (Lipinski definition) is 6. The monoisotopic (exact) mass is 335 g/mol. The Labute approximate surface area is 146 Å². The molecule has 0 spiro atoms. The number of hydrogen-bond donors (Lipinski definition) is 0. The highest BCUT2D eigenvalue weighted by Crippen LogP contribution is 2.40. The lowest BCUT2D eigenvalue weighted by molar-refractivity contribution is 0.288. The van der Waals surface area contributed by atoms with Crippen LogP contribution in [0.25, 0.3) is 11.0 Å². The van der Waals surface area contributed by atoms with E-state index in [1.165, 1.54) is 12.0 Å². The molecule has 3 saturated heterocycles. The molecule has 0 aromatic carbocycles. The molecule has 7 nitrogen and oxygen atoms in total. The first-order chi connectivity index (χ1) is 12.1. The number of fused-ring (bicyclic) bond motifs is 3. The predicted molar refractivity (Wildman–Crippen MR) is 96.9 cm³/mol. The quantitative estimate of drug-likeness (QED) is 0.712. The minimum absolute atomic E-state index is 0.478. The van der Waals surface area contributed by atoms with E-state index in [2.05, 4.69) is 53.5 Å². The SMILES string of the molecule is Cc1ncnc(N2CC3CC(C2)N3c2ncnc3c2ccn3C)c1C. The summed E-state index contributed by atoms with van der Waals surface area (Å²) in [5, 5.41) is 1.14. The first-order valence-corrected chi connectivity index (χ1v) is 8.71. The second kappa shape index (κ2) is 5.15. The van der Waals surface area contributed by atoms with Crippen molar-refractivity contribution in [1.82, 2.24) is 24.5 Å². The Balaban J connectivity index is 1.46. The highest BCUT2D eigenvalue weighted by Gasteiger charge is 2.46. The van der Waals surface area contributed by atoms with Gasteiger partial charge in [-0.2, -0.15) is 0 Å². The molecule has 3 aliphatic heterocycles. The molecule has 0 saturated carbocycles. The first kappa shape index (κ1) is 14.6. The molecule has 2 unspecified atom stereocenters. The van der Waals surface area contributed by atoms with Crippen LogP contribution in [0, 0.1) is 13.8 Å². The number of aryl methyl sites for hydroxylation is 2. The third kappa shape index (κ3) is 2.04. The summed E-state index contributed by atoms with van der Waals surface area (Å²) in [5.41, 5.74) is 3.24. The van der Waals surface area contributed by atoms with Gasteiger partial charge in [0.05, 0.1) is 17.5 Å². The van der Waals surface area contributed by atoms with E-state index >= 15 is 0 Å². The van der Waals surface area contributed by atoms with Gasteiger partial charge in [0.25, 0.3) is 0 Å². The molecule has 3 fully saturated rings. The minimum Gasteiger partial charge on any atom is -0.352 e. The Morgan fingerprint density at radius 1 is 0.960 bits per heavy atom. The van der Waals surface area contributed by atoms with Crippen LogP contribution in [-0.2, 0) is 7.05 Å². The summed E-state index contributed by atoms with van der Waals surface area (Å²) in [6.07, 6.45) is 6.63. The van der Waals surface area contributed by atoms with Gasteiger partial charge in [0.2, 0.25) is 0 Å². The van der Waals surface area contributed by atoms with Gasteiger partial charge in [0.15, 0.2) is 0 Å². The molecule has 7 heteroatoms. The number of piperazine rings is 1. The van der Waals surface area contributed by atoms with Gasteiger partial charge < -0.3 is 14.4 Å². The Morgan fingerprint density at radius 2 is 1.68 bits per heavy atom. The Morgan fingerprint density at radius 3 is 2.48 bits per heavy atom.